The van der Waals surface area contributed by atoms with Crippen LogP contribution in [0.2, 0.25) is 0 Å². The lowest BCUT2D eigenvalue weighted by Crippen LogP contribution is -2.46. The van der Waals surface area contributed by atoms with Crippen LogP contribution < -0.4 is 5.43 Å². The Balaban J connectivity index is 1.74. The molecule has 4 aromatic rings. The van der Waals surface area contributed by atoms with Gasteiger partial charge in [-0.1, -0.05) is 18.2 Å². The lowest BCUT2D eigenvalue weighted by Gasteiger charge is -2.25. The van der Waals surface area contributed by atoms with Crippen molar-refractivity contribution in [1.29, 1.82) is 0 Å². The largest absolute Gasteiger partial charge is 0.417 e. The molecule has 0 fully saturated rings. The molecule has 0 radical (unpaired) electrons. The minimum absolute atomic E-state index is 0.0306. The number of imidazole rings is 2. The predicted octanol–water partition coefficient (Wildman–Crippen LogP) is 2.83. The van der Waals surface area contributed by atoms with Crippen molar-refractivity contribution in [2.75, 3.05) is 13.1 Å². The lowest BCUT2D eigenvalue weighted by atomic mass is 10.2. The topological polar surface area (TPSA) is 119 Å². The number of hydrogen-bond acceptors (Lipinski definition) is 7. The van der Waals surface area contributed by atoms with E-state index in [1.807, 2.05) is 0 Å². The van der Waals surface area contributed by atoms with Crippen molar-refractivity contribution in [3.8, 4) is 0 Å². The van der Waals surface area contributed by atoms with Gasteiger partial charge in [0.05, 0.1) is 32.9 Å². The first-order valence-corrected chi connectivity index (χ1v) is 14.1. The molecule has 15 heteroatoms. The highest BCUT2D eigenvalue weighted by Crippen LogP contribution is 2.37. The summed E-state index contributed by atoms with van der Waals surface area (Å²) in [5, 5.41) is 0. The number of hydrogen-bond donors (Lipinski definition) is 1. The van der Waals surface area contributed by atoms with Crippen LogP contribution >= 0.6 is 0 Å². The van der Waals surface area contributed by atoms with E-state index in [4.69, 9.17) is 0 Å². The van der Waals surface area contributed by atoms with E-state index in [2.05, 4.69) is 15.4 Å². The van der Waals surface area contributed by atoms with E-state index in [0.717, 1.165) is 6.07 Å². The standard InChI is InChI=1S/C23H23F3N6O4S2/c24-23(25,26)21-7-6-20(37(33,34)19-4-2-1-3-5-19)16-22(21)38(35,36)32(15-14-31-12-9-28-18-31)29-10-13-30-11-8-27-17-30/h1-9,11-12,16-18,29H,10,13-15H2. The number of nitrogens with zero attached hydrogens (tertiary/aromatic N) is 5. The van der Waals surface area contributed by atoms with Crippen molar-refractivity contribution in [1.82, 2.24) is 28.9 Å². The van der Waals surface area contributed by atoms with E-state index in [-0.39, 0.29) is 31.1 Å². The highest BCUT2D eigenvalue weighted by molar-refractivity contribution is 7.91. The molecule has 0 amide bonds. The van der Waals surface area contributed by atoms with Crippen LogP contribution in [-0.2, 0) is 39.1 Å². The van der Waals surface area contributed by atoms with Crippen LogP contribution in [0.25, 0.3) is 0 Å². The second-order valence-corrected chi connectivity index (χ2v) is 11.8. The zero-order valence-corrected chi connectivity index (χ0v) is 21.4. The molecule has 4 rings (SSSR count). The molecular weight excluding hydrogens is 545 g/mol. The van der Waals surface area contributed by atoms with E-state index >= 15 is 0 Å². The normalized spacial score (nSPS) is 12.7. The molecule has 0 spiro atoms. The summed E-state index contributed by atoms with van der Waals surface area (Å²) in [6.07, 6.45) is 4.10. The SMILES string of the molecule is O=S(=O)(c1ccccc1)c1ccc(C(F)(F)F)c(S(=O)(=O)N(CCn2ccnc2)NCCn2ccnc2)c1. The first-order chi connectivity index (χ1) is 18.0. The number of aromatic nitrogens is 4. The molecule has 0 aliphatic carbocycles. The number of sulfonamides is 1. The minimum Gasteiger partial charge on any atom is -0.336 e. The van der Waals surface area contributed by atoms with Crippen LogP contribution in [0, 0.1) is 0 Å². The highest BCUT2D eigenvalue weighted by atomic mass is 32.2. The molecule has 2 aromatic carbocycles. The molecule has 0 aliphatic rings. The van der Waals surface area contributed by atoms with Crippen molar-refractivity contribution in [3.63, 3.8) is 0 Å². The molecule has 0 atom stereocenters. The second kappa shape index (κ2) is 11.1. The molecule has 38 heavy (non-hydrogen) atoms. The van der Waals surface area contributed by atoms with Gasteiger partial charge in [-0.15, -0.1) is 4.41 Å². The summed E-state index contributed by atoms with van der Waals surface area (Å²) in [4.78, 5) is 5.83. The van der Waals surface area contributed by atoms with Gasteiger partial charge in [-0.05, 0) is 30.3 Å². The Morgan fingerprint density at radius 2 is 1.47 bits per heavy atom. The van der Waals surface area contributed by atoms with Gasteiger partial charge in [0, 0.05) is 51.0 Å². The Morgan fingerprint density at radius 3 is 2.05 bits per heavy atom. The molecule has 0 unspecified atom stereocenters. The fraction of sp³-hybridized carbons (Fsp3) is 0.217. The molecule has 0 bridgehead atoms. The summed E-state index contributed by atoms with van der Waals surface area (Å²) in [5.41, 5.74) is 1.20. The number of halogens is 3. The van der Waals surface area contributed by atoms with Gasteiger partial charge >= 0.3 is 6.18 Å². The van der Waals surface area contributed by atoms with Crippen LogP contribution in [0.5, 0.6) is 0 Å². The Labute approximate surface area is 217 Å². The van der Waals surface area contributed by atoms with Crippen LogP contribution in [0.1, 0.15) is 5.56 Å². The van der Waals surface area contributed by atoms with Crippen molar-refractivity contribution in [3.05, 3.63) is 91.5 Å². The maximum absolute atomic E-state index is 14.0. The fourth-order valence-electron chi connectivity index (χ4n) is 3.60. The molecule has 0 saturated heterocycles. The Kier molecular flexibility index (Phi) is 8.01. The Bertz CT molecular complexity index is 1560. The molecule has 0 aliphatic heterocycles. The maximum Gasteiger partial charge on any atom is 0.417 e. The third-order valence-electron chi connectivity index (χ3n) is 5.53. The summed E-state index contributed by atoms with van der Waals surface area (Å²) >= 11 is 0. The van der Waals surface area contributed by atoms with Gasteiger partial charge in [0.2, 0.25) is 9.84 Å². The summed E-state index contributed by atoms with van der Waals surface area (Å²) in [5.74, 6) is 0. The first-order valence-electron chi connectivity index (χ1n) is 11.2. The van der Waals surface area contributed by atoms with Gasteiger partial charge in [0.25, 0.3) is 10.0 Å². The second-order valence-electron chi connectivity index (χ2n) is 8.06. The lowest BCUT2D eigenvalue weighted by molar-refractivity contribution is -0.140. The number of sulfone groups is 1. The zero-order valence-electron chi connectivity index (χ0n) is 19.7. The van der Waals surface area contributed by atoms with E-state index in [9.17, 15) is 30.0 Å². The average molecular weight is 569 g/mol. The average Bonchev–Trinajstić information content (AvgIpc) is 3.60. The van der Waals surface area contributed by atoms with E-state index < -0.39 is 41.4 Å². The zero-order chi connectivity index (χ0) is 27.4. The highest BCUT2D eigenvalue weighted by Gasteiger charge is 2.40. The quantitative estimate of drug-likeness (QED) is 0.277. The van der Waals surface area contributed by atoms with Gasteiger partial charge in [-0.2, -0.15) is 13.2 Å². The smallest absolute Gasteiger partial charge is 0.336 e. The Morgan fingerprint density at radius 1 is 0.842 bits per heavy atom. The molecule has 2 aromatic heterocycles. The number of alkyl halides is 3. The van der Waals surface area contributed by atoms with Crippen molar-refractivity contribution in [2.45, 2.75) is 34.0 Å². The fourth-order valence-corrected chi connectivity index (χ4v) is 6.54. The van der Waals surface area contributed by atoms with Gasteiger partial charge in [-0.3, -0.25) is 0 Å². The summed E-state index contributed by atoms with van der Waals surface area (Å²) in [6, 6.07) is 8.83. The van der Waals surface area contributed by atoms with Gasteiger partial charge in [-0.25, -0.2) is 32.2 Å². The number of nitrogens with one attached hydrogen (secondary N) is 1. The summed E-state index contributed by atoms with van der Waals surface area (Å²) < 4.78 is 99.4. The first kappa shape index (κ1) is 27.5. The van der Waals surface area contributed by atoms with Crippen molar-refractivity contribution < 1.29 is 30.0 Å². The van der Waals surface area contributed by atoms with E-state index in [1.54, 1.807) is 27.6 Å². The van der Waals surface area contributed by atoms with Gasteiger partial charge in [0.15, 0.2) is 0 Å². The number of rotatable bonds is 11. The monoisotopic (exact) mass is 568 g/mol. The van der Waals surface area contributed by atoms with Gasteiger partial charge < -0.3 is 9.13 Å². The van der Waals surface area contributed by atoms with Gasteiger partial charge in [0.1, 0.15) is 0 Å². The van der Waals surface area contributed by atoms with E-state index in [1.165, 1.54) is 49.3 Å². The van der Waals surface area contributed by atoms with Crippen LogP contribution in [-0.4, -0.2) is 53.4 Å². The Hall–Kier alpha value is -3.53. The summed E-state index contributed by atoms with van der Waals surface area (Å²) in [7, 11) is -9.19. The molecule has 202 valence electrons. The summed E-state index contributed by atoms with van der Waals surface area (Å²) in [6.45, 7) is 0.102. The molecular formula is C23H23F3N6O4S2. The third kappa shape index (κ3) is 6.12. The maximum atomic E-state index is 14.0. The molecule has 2 heterocycles. The third-order valence-corrected chi connectivity index (χ3v) is 9.08. The predicted molar refractivity (Wildman–Crippen MR) is 130 cm³/mol. The number of benzene rings is 2. The van der Waals surface area contributed by atoms with E-state index in [0.29, 0.717) is 16.5 Å². The molecule has 1 N–H and O–H groups in total. The van der Waals surface area contributed by atoms with Crippen LogP contribution in [0.15, 0.2) is 101 Å². The van der Waals surface area contributed by atoms with Crippen molar-refractivity contribution >= 4 is 19.9 Å². The molecule has 0 saturated carbocycles. The molecule has 10 nitrogen and oxygen atoms in total. The number of hydrazine groups is 1. The van der Waals surface area contributed by atoms with Crippen LogP contribution in [0.4, 0.5) is 13.2 Å². The minimum atomic E-state index is -5.07. The van der Waals surface area contributed by atoms with Crippen LogP contribution in [0.3, 0.4) is 0 Å². The van der Waals surface area contributed by atoms with Crippen molar-refractivity contribution in [2.24, 2.45) is 0 Å².